The fraction of sp³-hybridized carbons (Fsp3) is 0.720. The third-order valence-corrected chi connectivity index (χ3v) is 13.9. The number of rotatable bonds is 4. The Kier molecular flexibility index (Phi) is 6.63. The lowest BCUT2D eigenvalue weighted by Crippen LogP contribution is -2.32. The smallest absolute Gasteiger partial charge is 0.0205 e. The average molecular weight is 371 g/mol. The minimum atomic E-state index is -1.07. The molecule has 0 atom stereocenters. The molecule has 0 nitrogen and oxygen atoms in total. The van der Waals surface area contributed by atoms with Gasteiger partial charge in [0.15, 0.2) is 0 Å². The standard InChI is InChI=1S/C25H39P/c1-5-13-22(14-6-1)21-26(23-15-7-2-8-16-23,24-17-9-3-10-18-24)25-19-11-4-12-20-25/h1,5-6,13-14,21,23-25H,2-4,7-12,15-20H2. The van der Waals surface area contributed by atoms with E-state index in [2.05, 4.69) is 36.1 Å². The number of hydrogen-bond acceptors (Lipinski definition) is 0. The van der Waals surface area contributed by atoms with E-state index in [1.165, 1.54) is 57.8 Å². The molecule has 26 heavy (non-hydrogen) atoms. The van der Waals surface area contributed by atoms with Crippen LogP contribution >= 0.6 is 6.89 Å². The topological polar surface area (TPSA) is 0 Å². The summed E-state index contributed by atoms with van der Waals surface area (Å²) < 4.78 is 0. The molecule has 0 aliphatic heterocycles. The minimum absolute atomic E-state index is 1.06. The predicted molar refractivity (Wildman–Crippen MR) is 119 cm³/mol. The third-order valence-electron chi connectivity index (χ3n) is 7.79. The highest BCUT2D eigenvalue weighted by Gasteiger charge is 2.42. The maximum atomic E-state index is 2.95. The Balaban J connectivity index is 1.81. The van der Waals surface area contributed by atoms with Gasteiger partial charge in [-0.25, -0.2) is 0 Å². The summed E-state index contributed by atoms with van der Waals surface area (Å²) in [6.07, 6.45) is 22.8. The maximum Gasteiger partial charge on any atom is -0.0205 e. The molecule has 3 aliphatic carbocycles. The second-order valence-electron chi connectivity index (χ2n) is 9.31. The van der Waals surface area contributed by atoms with Gasteiger partial charge in [0.2, 0.25) is 0 Å². The van der Waals surface area contributed by atoms with Crippen LogP contribution in [0, 0.1) is 0 Å². The second kappa shape index (κ2) is 9.14. The van der Waals surface area contributed by atoms with Crippen LogP contribution in [-0.2, 0) is 0 Å². The molecule has 0 unspecified atom stereocenters. The summed E-state index contributed by atoms with van der Waals surface area (Å²) >= 11 is 0. The quantitative estimate of drug-likeness (QED) is 0.473. The normalized spacial score (nSPS) is 24.5. The molecule has 3 saturated carbocycles. The minimum Gasteiger partial charge on any atom is -0.0954 e. The van der Waals surface area contributed by atoms with E-state index in [1.54, 1.807) is 44.1 Å². The molecule has 1 aromatic carbocycles. The highest BCUT2D eigenvalue weighted by molar-refractivity contribution is 7.77. The van der Waals surface area contributed by atoms with Crippen molar-refractivity contribution in [3.63, 3.8) is 0 Å². The molecule has 0 N–H and O–H groups in total. The summed E-state index contributed by atoms with van der Waals surface area (Å²) in [5.74, 6) is 2.95. The van der Waals surface area contributed by atoms with Crippen LogP contribution in [0.25, 0.3) is 0 Å². The highest BCUT2D eigenvalue weighted by Crippen LogP contribution is 2.69. The lowest BCUT2D eigenvalue weighted by atomic mass is 9.99. The Morgan fingerprint density at radius 2 is 0.923 bits per heavy atom. The molecular formula is C25H39P. The molecule has 1 heteroatoms. The molecule has 144 valence electrons. The summed E-state index contributed by atoms with van der Waals surface area (Å²) in [5, 5.41) is 0. The molecule has 3 fully saturated rings. The SMILES string of the molecule is C(c1ccccc1)=P(C1CCCCC1)(C1CCCCC1)C1CCCCC1. The molecule has 1 aromatic rings. The fourth-order valence-electron chi connectivity index (χ4n) is 6.59. The van der Waals surface area contributed by atoms with Gasteiger partial charge < -0.3 is 0 Å². The van der Waals surface area contributed by atoms with Crippen LogP contribution in [0.1, 0.15) is 102 Å². The average Bonchev–Trinajstić information content (AvgIpc) is 2.75. The van der Waals surface area contributed by atoms with Crippen LogP contribution in [0.15, 0.2) is 30.3 Å². The monoisotopic (exact) mass is 370 g/mol. The summed E-state index contributed by atoms with van der Waals surface area (Å²) in [6, 6.07) is 11.5. The molecule has 3 aliphatic rings. The molecule has 0 spiro atoms. The van der Waals surface area contributed by atoms with E-state index in [9.17, 15) is 0 Å². The van der Waals surface area contributed by atoms with Gasteiger partial charge in [0, 0.05) is 0 Å². The lowest BCUT2D eigenvalue weighted by molar-refractivity contribution is 0.458. The van der Waals surface area contributed by atoms with Crippen molar-refractivity contribution in [3.05, 3.63) is 35.9 Å². The Hall–Kier alpha value is -0.480. The largest absolute Gasteiger partial charge is 0.0954 e. The number of hydrogen-bond donors (Lipinski definition) is 0. The lowest BCUT2D eigenvalue weighted by Gasteiger charge is -2.50. The molecule has 0 amide bonds. The van der Waals surface area contributed by atoms with E-state index in [4.69, 9.17) is 0 Å². The van der Waals surface area contributed by atoms with Crippen LogP contribution < -0.4 is 0 Å². The first-order valence-corrected chi connectivity index (χ1v) is 13.7. The first-order valence-electron chi connectivity index (χ1n) is 11.7. The van der Waals surface area contributed by atoms with Crippen molar-refractivity contribution in [2.45, 2.75) is 113 Å². The molecule has 0 bridgehead atoms. The van der Waals surface area contributed by atoms with Gasteiger partial charge in [0.25, 0.3) is 0 Å². The predicted octanol–water partition coefficient (Wildman–Crippen LogP) is 7.85. The van der Waals surface area contributed by atoms with Gasteiger partial charge in [-0.1, -0.05) is 101 Å². The molecule has 4 rings (SSSR count). The van der Waals surface area contributed by atoms with Gasteiger partial charge >= 0.3 is 0 Å². The zero-order valence-electron chi connectivity index (χ0n) is 16.7. The zero-order chi connectivity index (χ0) is 17.7. The van der Waals surface area contributed by atoms with Crippen molar-refractivity contribution in [2.75, 3.05) is 0 Å². The van der Waals surface area contributed by atoms with Crippen LogP contribution in [-0.4, -0.2) is 22.8 Å². The Labute approximate surface area is 162 Å². The molecule has 0 aromatic heterocycles. The van der Waals surface area contributed by atoms with E-state index < -0.39 is 6.89 Å². The first kappa shape index (κ1) is 18.9. The van der Waals surface area contributed by atoms with Gasteiger partial charge in [0.05, 0.1) is 0 Å². The summed E-state index contributed by atoms with van der Waals surface area (Å²) in [4.78, 5) is 0. The van der Waals surface area contributed by atoms with Crippen molar-refractivity contribution in [2.24, 2.45) is 0 Å². The van der Waals surface area contributed by atoms with Crippen LogP contribution in [0.4, 0.5) is 0 Å². The third kappa shape index (κ3) is 4.01. The van der Waals surface area contributed by atoms with Crippen molar-refractivity contribution >= 4 is 12.7 Å². The summed E-state index contributed by atoms with van der Waals surface area (Å²) in [7, 11) is 0. The van der Waals surface area contributed by atoms with Crippen LogP contribution in [0.3, 0.4) is 0 Å². The molecule has 0 radical (unpaired) electrons. The zero-order valence-corrected chi connectivity index (χ0v) is 17.6. The maximum absolute atomic E-state index is 2.95. The molecule has 0 saturated heterocycles. The second-order valence-corrected chi connectivity index (χ2v) is 13.5. The van der Waals surface area contributed by atoms with E-state index in [-0.39, 0.29) is 0 Å². The van der Waals surface area contributed by atoms with Gasteiger partial charge in [-0.3, -0.25) is 0 Å². The van der Waals surface area contributed by atoms with Crippen LogP contribution in [0.2, 0.25) is 0 Å². The van der Waals surface area contributed by atoms with E-state index in [1.807, 2.05) is 0 Å². The van der Waals surface area contributed by atoms with Crippen molar-refractivity contribution < 1.29 is 0 Å². The highest BCUT2D eigenvalue weighted by atomic mass is 31.2. The van der Waals surface area contributed by atoms with Crippen molar-refractivity contribution in [3.8, 4) is 0 Å². The summed E-state index contributed by atoms with van der Waals surface area (Å²) in [5.41, 5.74) is 4.73. The van der Waals surface area contributed by atoms with E-state index in [0.29, 0.717) is 0 Å². The fourth-order valence-corrected chi connectivity index (χ4v) is 13.5. The number of benzene rings is 1. The van der Waals surface area contributed by atoms with Gasteiger partial charge in [-0.2, -0.15) is 0 Å². The van der Waals surface area contributed by atoms with E-state index >= 15 is 0 Å². The molecular weight excluding hydrogens is 331 g/mol. The Morgan fingerprint density at radius 3 is 1.31 bits per heavy atom. The first-order chi connectivity index (χ1) is 12.9. The van der Waals surface area contributed by atoms with Gasteiger partial charge in [-0.15, -0.1) is 0 Å². The van der Waals surface area contributed by atoms with Crippen molar-refractivity contribution in [1.29, 1.82) is 0 Å². The van der Waals surface area contributed by atoms with Gasteiger partial charge in [-0.05, 0) is 61.1 Å². The Bertz CT molecular complexity index is 532. The molecule has 0 heterocycles. The van der Waals surface area contributed by atoms with Crippen molar-refractivity contribution in [1.82, 2.24) is 0 Å². The van der Waals surface area contributed by atoms with E-state index in [0.717, 1.165) is 17.0 Å². The summed E-state index contributed by atoms with van der Waals surface area (Å²) in [6.45, 7) is -1.07. The van der Waals surface area contributed by atoms with Gasteiger partial charge in [0.1, 0.15) is 0 Å². The Morgan fingerprint density at radius 1 is 0.538 bits per heavy atom. The van der Waals surface area contributed by atoms with Crippen LogP contribution in [0.5, 0.6) is 0 Å².